The second-order valence-corrected chi connectivity index (χ2v) is 7.12. The Kier molecular flexibility index (Phi) is 7.75. The van der Waals surface area contributed by atoms with Crippen molar-refractivity contribution < 1.29 is 9.90 Å². The zero-order valence-electron chi connectivity index (χ0n) is 11.9. The molecule has 5 N–H and O–H groups in total. The minimum Gasteiger partial charge on any atom is -0.382 e. The van der Waals surface area contributed by atoms with Crippen molar-refractivity contribution in [3.63, 3.8) is 0 Å². The third-order valence-electron chi connectivity index (χ3n) is 3.33. The van der Waals surface area contributed by atoms with Crippen molar-refractivity contribution in [1.82, 2.24) is 10.9 Å². The number of carbonyl (C=O) groups excluding carboxylic acids is 1. The highest BCUT2D eigenvalue weighted by Gasteiger charge is 2.24. The van der Waals surface area contributed by atoms with Crippen molar-refractivity contribution in [3.8, 4) is 0 Å². The van der Waals surface area contributed by atoms with E-state index in [-0.39, 0.29) is 0 Å². The van der Waals surface area contributed by atoms with E-state index in [0.29, 0.717) is 17.7 Å². The Morgan fingerprint density at radius 2 is 2.05 bits per heavy atom. The van der Waals surface area contributed by atoms with Crippen molar-refractivity contribution in [2.45, 2.75) is 69.4 Å². The van der Waals surface area contributed by atoms with Gasteiger partial charge in [-0.05, 0) is 30.3 Å². The van der Waals surface area contributed by atoms with Crippen LogP contribution in [0.1, 0.15) is 46.0 Å². The number of hydrogen-bond donors (Lipinski definition) is 4. The molecule has 0 aromatic heterocycles. The minimum absolute atomic E-state index is 0.337. The highest BCUT2D eigenvalue weighted by molar-refractivity contribution is 7.99. The van der Waals surface area contributed by atoms with Gasteiger partial charge in [0.1, 0.15) is 6.10 Å². The van der Waals surface area contributed by atoms with E-state index in [1.807, 2.05) is 0 Å². The normalized spacial score (nSPS) is 19.6. The van der Waals surface area contributed by atoms with Crippen molar-refractivity contribution >= 4 is 17.7 Å². The summed E-state index contributed by atoms with van der Waals surface area (Å²) in [5, 5.41) is 10.4. The number of carbonyl (C=O) groups is 1. The maximum atomic E-state index is 11.7. The highest BCUT2D eigenvalue weighted by Crippen LogP contribution is 2.17. The fourth-order valence-electron chi connectivity index (χ4n) is 2.11. The molecule has 2 atom stereocenters. The lowest BCUT2D eigenvalue weighted by Crippen LogP contribution is -2.52. The number of hydrogen-bond acceptors (Lipinski definition) is 5. The first-order valence-electron chi connectivity index (χ1n) is 7.11. The number of nitrogens with two attached hydrogens (primary N) is 1. The lowest BCUT2D eigenvalue weighted by Gasteiger charge is -2.20. The maximum absolute atomic E-state index is 11.7. The van der Waals surface area contributed by atoms with Gasteiger partial charge < -0.3 is 10.8 Å². The van der Waals surface area contributed by atoms with Crippen LogP contribution >= 0.6 is 11.8 Å². The Balaban J connectivity index is 2.18. The molecular weight excluding hydrogens is 262 g/mol. The van der Waals surface area contributed by atoms with Gasteiger partial charge in [0, 0.05) is 12.1 Å². The van der Waals surface area contributed by atoms with Gasteiger partial charge in [0.05, 0.1) is 0 Å². The fourth-order valence-corrected chi connectivity index (χ4v) is 2.99. The first kappa shape index (κ1) is 16.8. The van der Waals surface area contributed by atoms with E-state index >= 15 is 0 Å². The largest absolute Gasteiger partial charge is 0.382 e. The Bertz CT molecular complexity index is 271. The van der Waals surface area contributed by atoms with Crippen LogP contribution in [0.3, 0.4) is 0 Å². The molecule has 112 valence electrons. The van der Waals surface area contributed by atoms with Crippen molar-refractivity contribution in [1.29, 1.82) is 0 Å². The van der Waals surface area contributed by atoms with Crippen LogP contribution in [0.2, 0.25) is 0 Å². The summed E-state index contributed by atoms with van der Waals surface area (Å²) in [6.07, 6.45) is 4.05. The van der Waals surface area contributed by atoms with Crippen LogP contribution in [0.25, 0.3) is 0 Å². The summed E-state index contributed by atoms with van der Waals surface area (Å²) >= 11 is 1.78. The van der Waals surface area contributed by atoms with Crippen molar-refractivity contribution in [2.75, 3.05) is 5.75 Å². The minimum atomic E-state index is -1.14. The standard InChI is InChI=1S/C13H27N3O2S/c1-9(2)19-8-7-11(14)12(17)13(18)16-15-10-5-3-4-6-10/h9-12,15,17H,3-8,14H2,1-2H3,(H,16,18)/t11-,12?/m1/s1. The average molecular weight is 289 g/mol. The van der Waals surface area contributed by atoms with Gasteiger partial charge in [-0.3, -0.25) is 10.2 Å². The smallest absolute Gasteiger partial charge is 0.264 e. The lowest BCUT2D eigenvalue weighted by molar-refractivity contribution is -0.131. The summed E-state index contributed by atoms with van der Waals surface area (Å²) in [7, 11) is 0. The monoisotopic (exact) mass is 289 g/mol. The van der Waals surface area contributed by atoms with Crippen LogP contribution in [-0.4, -0.2) is 40.2 Å². The van der Waals surface area contributed by atoms with E-state index in [2.05, 4.69) is 24.7 Å². The quantitative estimate of drug-likeness (QED) is 0.496. The van der Waals surface area contributed by atoms with E-state index < -0.39 is 18.1 Å². The fraction of sp³-hybridized carbons (Fsp3) is 0.923. The lowest BCUT2D eigenvalue weighted by atomic mass is 10.1. The van der Waals surface area contributed by atoms with E-state index in [9.17, 15) is 9.90 Å². The van der Waals surface area contributed by atoms with Gasteiger partial charge in [-0.1, -0.05) is 26.7 Å². The summed E-state index contributed by atoms with van der Waals surface area (Å²) in [6, 6.07) is -0.166. The van der Waals surface area contributed by atoms with E-state index in [0.717, 1.165) is 18.6 Å². The van der Waals surface area contributed by atoms with Gasteiger partial charge in [0.25, 0.3) is 5.91 Å². The zero-order chi connectivity index (χ0) is 14.3. The van der Waals surface area contributed by atoms with E-state index in [1.54, 1.807) is 11.8 Å². The van der Waals surface area contributed by atoms with Gasteiger partial charge in [0.15, 0.2) is 0 Å². The van der Waals surface area contributed by atoms with Gasteiger partial charge in [-0.2, -0.15) is 11.8 Å². The molecule has 0 saturated heterocycles. The summed E-state index contributed by atoms with van der Waals surface area (Å²) < 4.78 is 0. The molecule has 1 fully saturated rings. The topological polar surface area (TPSA) is 87.4 Å². The van der Waals surface area contributed by atoms with Crippen LogP contribution in [0, 0.1) is 0 Å². The number of thioether (sulfide) groups is 1. The molecule has 0 aromatic carbocycles. The molecule has 1 aliphatic rings. The van der Waals surface area contributed by atoms with Crippen LogP contribution in [0.5, 0.6) is 0 Å². The molecule has 0 heterocycles. The SMILES string of the molecule is CC(C)SCC[C@@H](N)C(O)C(=O)NNC1CCCC1. The number of amides is 1. The Labute approximate surface area is 120 Å². The molecule has 1 amide bonds. The maximum Gasteiger partial charge on any atom is 0.264 e. The molecule has 0 aromatic rings. The number of aliphatic hydroxyl groups is 1. The summed E-state index contributed by atoms with van der Waals surface area (Å²) in [6.45, 7) is 4.23. The molecule has 0 aliphatic heterocycles. The average Bonchev–Trinajstić information content (AvgIpc) is 2.87. The molecule has 6 heteroatoms. The van der Waals surface area contributed by atoms with E-state index in [4.69, 9.17) is 5.73 Å². The zero-order valence-corrected chi connectivity index (χ0v) is 12.7. The number of hydrazine groups is 1. The van der Waals surface area contributed by atoms with Gasteiger partial charge in [-0.15, -0.1) is 0 Å². The molecular formula is C13H27N3O2S. The molecule has 1 rings (SSSR count). The predicted octanol–water partition coefficient (Wildman–Crippen LogP) is 0.770. The third-order valence-corrected chi connectivity index (χ3v) is 4.47. The number of nitrogens with one attached hydrogen (secondary N) is 2. The summed E-state index contributed by atoms with van der Waals surface area (Å²) in [5.74, 6) is 0.438. The van der Waals surface area contributed by atoms with Crippen LogP contribution in [-0.2, 0) is 4.79 Å². The predicted molar refractivity (Wildman–Crippen MR) is 79.7 cm³/mol. The van der Waals surface area contributed by atoms with Crippen LogP contribution < -0.4 is 16.6 Å². The first-order chi connectivity index (χ1) is 9.00. The highest BCUT2D eigenvalue weighted by atomic mass is 32.2. The van der Waals surface area contributed by atoms with E-state index in [1.165, 1.54) is 12.8 Å². The molecule has 0 bridgehead atoms. The molecule has 19 heavy (non-hydrogen) atoms. The van der Waals surface area contributed by atoms with Gasteiger partial charge >= 0.3 is 0 Å². The van der Waals surface area contributed by atoms with Gasteiger partial charge in [-0.25, -0.2) is 5.43 Å². The second-order valence-electron chi connectivity index (χ2n) is 5.43. The first-order valence-corrected chi connectivity index (χ1v) is 8.16. The molecule has 1 unspecified atom stereocenters. The number of rotatable bonds is 8. The van der Waals surface area contributed by atoms with Crippen molar-refractivity contribution in [3.05, 3.63) is 0 Å². The van der Waals surface area contributed by atoms with Crippen LogP contribution in [0.15, 0.2) is 0 Å². The molecule has 0 spiro atoms. The Morgan fingerprint density at radius 3 is 2.63 bits per heavy atom. The van der Waals surface area contributed by atoms with Crippen LogP contribution in [0.4, 0.5) is 0 Å². The third kappa shape index (κ3) is 6.61. The molecule has 5 nitrogen and oxygen atoms in total. The summed E-state index contributed by atoms with van der Waals surface area (Å²) in [4.78, 5) is 11.7. The Morgan fingerprint density at radius 1 is 1.42 bits per heavy atom. The van der Waals surface area contributed by atoms with Gasteiger partial charge in [0.2, 0.25) is 0 Å². The second kappa shape index (κ2) is 8.79. The molecule has 0 radical (unpaired) electrons. The molecule has 1 saturated carbocycles. The Hall–Kier alpha value is -0.300. The number of aliphatic hydroxyl groups excluding tert-OH is 1. The van der Waals surface area contributed by atoms with Crippen molar-refractivity contribution in [2.24, 2.45) is 5.73 Å². The summed E-state index contributed by atoms with van der Waals surface area (Å²) in [5.41, 5.74) is 11.4. The molecule has 1 aliphatic carbocycles.